The Bertz CT molecular complexity index is 1030. The van der Waals surface area contributed by atoms with Crippen LogP contribution in [0.1, 0.15) is 56.3 Å². The van der Waals surface area contributed by atoms with Crippen LogP contribution in [-0.4, -0.2) is 40.2 Å². The number of urea groups is 1. The lowest BCUT2D eigenvalue weighted by molar-refractivity contribution is -0.140. The van der Waals surface area contributed by atoms with E-state index in [0.717, 1.165) is 25.7 Å². The number of halogens is 2. The van der Waals surface area contributed by atoms with E-state index in [-0.39, 0.29) is 48.7 Å². The predicted octanol–water partition coefficient (Wildman–Crippen LogP) is 4.99. The molecule has 2 heterocycles. The van der Waals surface area contributed by atoms with E-state index in [0.29, 0.717) is 41.6 Å². The third-order valence-corrected chi connectivity index (χ3v) is 7.11. The quantitative estimate of drug-likeness (QED) is 0.460. The van der Waals surface area contributed by atoms with Gasteiger partial charge >= 0.3 is 6.03 Å². The second-order valence-electron chi connectivity index (χ2n) is 8.91. The molecule has 1 N–H and O–H groups in total. The maximum absolute atomic E-state index is 14.5. The molecule has 2 unspecified atom stereocenters. The zero-order valence-electron chi connectivity index (χ0n) is 19.0. The Morgan fingerprint density at radius 3 is 2.76 bits per heavy atom. The number of nitrogens with one attached hydrogen (secondary N) is 1. The molecule has 4 amide bonds. The Labute approximate surface area is 206 Å². The lowest BCUT2D eigenvalue weighted by atomic mass is 9.81. The number of imide groups is 1. The van der Waals surface area contributed by atoms with Crippen LogP contribution in [0.15, 0.2) is 45.5 Å². The van der Waals surface area contributed by atoms with E-state index in [4.69, 9.17) is 4.42 Å². The summed E-state index contributed by atoms with van der Waals surface area (Å²) < 4.78 is 20.3. The molecule has 34 heavy (non-hydrogen) atoms. The van der Waals surface area contributed by atoms with Crippen molar-refractivity contribution in [1.82, 2.24) is 15.1 Å². The number of furan rings is 1. The predicted molar refractivity (Wildman–Crippen MR) is 127 cm³/mol. The summed E-state index contributed by atoms with van der Waals surface area (Å²) in [6, 6.07) is 7.82. The van der Waals surface area contributed by atoms with Crippen LogP contribution in [0.25, 0.3) is 0 Å². The minimum atomic E-state index is -0.376. The summed E-state index contributed by atoms with van der Waals surface area (Å²) in [6.07, 6.45) is 6.33. The number of fused-ring (bicyclic) bond motifs is 1. The SMILES string of the molecule is O=C(CCCCN1C(=O)C2CCCCC2N(Cc2ccc(Br)cc2F)C1=O)NCc1ccco1. The summed E-state index contributed by atoms with van der Waals surface area (Å²) >= 11 is 3.26. The van der Waals surface area contributed by atoms with Crippen LogP contribution >= 0.6 is 15.9 Å². The molecular weight excluding hydrogens is 505 g/mol. The van der Waals surface area contributed by atoms with Crippen molar-refractivity contribution in [2.24, 2.45) is 5.92 Å². The molecule has 0 spiro atoms. The molecule has 4 rings (SSSR count). The number of benzene rings is 1. The average molecular weight is 534 g/mol. The van der Waals surface area contributed by atoms with Gasteiger partial charge in [0, 0.05) is 29.0 Å². The summed E-state index contributed by atoms with van der Waals surface area (Å²) in [4.78, 5) is 41.5. The van der Waals surface area contributed by atoms with Crippen LogP contribution in [0, 0.1) is 11.7 Å². The Morgan fingerprint density at radius 1 is 1.18 bits per heavy atom. The first-order valence-corrected chi connectivity index (χ1v) is 12.6. The monoisotopic (exact) mass is 533 g/mol. The number of carbonyl (C=O) groups excluding carboxylic acids is 3. The van der Waals surface area contributed by atoms with E-state index in [2.05, 4.69) is 21.2 Å². The van der Waals surface area contributed by atoms with Crippen molar-refractivity contribution in [1.29, 1.82) is 0 Å². The van der Waals surface area contributed by atoms with Gasteiger partial charge in [-0.1, -0.05) is 34.8 Å². The van der Waals surface area contributed by atoms with E-state index in [1.807, 2.05) is 0 Å². The Hall–Kier alpha value is -2.68. The summed E-state index contributed by atoms with van der Waals surface area (Å²) in [6.45, 7) is 0.726. The fourth-order valence-corrected chi connectivity index (χ4v) is 5.16. The maximum Gasteiger partial charge on any atom is 0.327 e. The summed E-state index contributed by atoms with van der Waals surface area (Å²) in [7, 11) is 0. The van der Waals surface area contributed by atoms with Gasteiger partial charge in [-0.2, -0.15) is 0 Å². The highest BCUT2D eigenvalue weighted by Gasteiger charge is 2.46. The van der Waals surface area contributed by atoms with E-state index in [1.54, 1.807) is 35.4 Å². The van der Waals surface area contributed by atoms with Crippen molar-refractivity contribution < 1.29 is 23.2 Å². The molecule has 2 aromatic rings. The molecule has 0 bridgehead atoms. The molecule has 0 radical (unpaired) electrons. The van der Waals surface area contributed by atoms with Gasteiger partial charge in [-0.3, -0.25) is 14.5 Å². The van der Waals surface area contributed by atoms with Crippen LogP contribution in [0.5, 0.6) is 0 Å². The van der Waals surface area contributed by atoms with Gasteiger partial charge in [0.2, 0.25) is 11.8 Å². The van der Waals surface area contributed by atoms with Gasteiger partial charge in [0.1, 0.15) is 11.6 Å². The van der Waals surface area contributed by atoms with Crippen molar-refractivity contribution in [3.63, 3.8) is 0 Å². The number of hydrogen-bond acceptors (Lipinski definition) is 4. The van der Waals surface area contributed by atoms with Crippen molar-refractivity contribution >= 4 is 33.8 Å². The summed E-state index contributed by atoms with van der Waals surface area (Å²) in [5, 5.41) is 2.79. The number of amides is 4. The average Bonchev–Trinajstić information content (AvgIpc) is 3.35. The third-order valence-electron chi connectivity index (χ3n) is 6.62. The summed E-state index contributed by atoms with van der Waals surface area (Å²) in [5.41, 5.74) is 0.434. The fraction of sp³-hybridized carbons (Fsp3) is 0.480. The first kappa shape index (κ1) is 24.4. The van der Waals surface area contributed by atoms with Crippen LogP contribution in [0.4, 0.5) is 9.18 Å². The minimum Gasteiger partial charge on any atom is -0.467 e. The molecule has 1 aliphatic heterocycles. The highest BCUT2D eigenvalue weighted by molar-refractivity contribution is 9.10. The van der Waals surface area contributed by atoms with Gasteiger partial charge in [-0.15, -0.1) is 0 Å². The van der Waals surface area contributed by atoms with Gasteiger partial charge < -0.3 is 14.6 Å². The number of hydrogen-bond donors (Lipinski definition) is 1. The van der Waals surface area contributed by atoms with Crippen LogP contribution < -0.4 is 5.32 Å². The Morgan fingerprint density at radius 2 is 2.00 bits per heavy atom. The van der Waals surface area contributed by atoms with Crippen molar-refractivity contribution in [2.75, 3.05) is 6.54 Å². The van der Waals surface area contributed by atoms with E-state index >= 15 is 0 Å². The minimum absolute atomic E-state index is 0.104. The number of unbranched alkanes of at least 4 members (excludes halogenated alkanes) is 1. The normalized spacial score (nSPS) is 20.4. The smallest absolute Gasteiger partial charge is 0.327 e. The number of carbonyl (C=O) groups is 3. The number of nitrogens with zero attached hydrogens (tertiary/aromatic N) is 2. The second kappa shape index (κ2) is 11.2. The van der Waals surface area contributed by atoms with Gasteiger partial charge in [0.15, 0.2) is 0 Å². The van der Waals surface area contributed by atoms with Crippen molar-refractivity contribution in [3.8, 4) is 0 Å². The highest BCUT2D eigenvalue weighted by Crippen LogP contribution is 2.36. The zero-order valence-corrected chi connectivity index (χ0v) is 20.6. The molecule has 182 valence electrons. The van der Waals surface area contributed by atoms with E-state index < -0.39 is 0 Å². The first-order chi connectivity index (χ1) is 16.4. The Kier molecular flexibility index (Phi) is 8.03. The molecular formula is C25H29BrFN3O4. The van der Waals surface area contributed by atoms with E-state index in [9.17, 15) is 18.8 Å². The van der Waals surface area contributed by atoms with Crippen molar-refractivity contribution in [2.45, 2.75) is 64.1 Å². The van der Waals surface area contributed by atoms with Crippen LogP contribution in [-0.2, 0) is 22.7 Å². The maximum atomic E-state index is 14.5. The van der Waals surface area contributed by atoms with Gasteiger partial charge in [-0.25, -0.2) is 9.18 Å². The van der Waals surface area contributed by atoms with Gasteiger partial charge in [0.25, 0.3) is 0 Å². The molecule has 2 atom stereocenters. The lowest BCUT2D eigenvalue weighted by Gasteiger charge is -2.47. The standard InChI is InChI=1S/C25H29BrFN3O4/c26-18-11-10-17(21(27)14-18)16-30-22-8-2-1-7-20(22)24(32)29(25(30)33)12-4-3-9-23(31)28-15-19-6-5-13-34-19/h5-6,10-11,13-14,20,22H,1-4,7-9,12,15-16H2,(H,28,31). The zero-order chi connectivity index (χ0) is 24.1. The third kappa shape index (κ3) is 5.68. The molecule has 1 aromatic carbocycles. The van der Waals surface area contributed by atoms with Crippen LogP contribution in [0.2, 0.25) is 0 Å². The number of rotatable bonds is 9. The molecule has 2 fully saturated rings. The van der Waals surface area contributed by atoms with Crippen LogP contribution in [0.3, 0.4) is 0 Å². The fourth-order valence-electron chi connectivity index (χ4n) is 4.83. The molecule has 1 saturated heterocycles. The largest absolute Gasteiger partial charge is 0.467 e. The topological polar surface area (TPSA) is 82.9 Å². The lowest BCUT2D eigenvalue weighted by Crippen LogP contribution is -2.62. The van der Waals surface area contributed by atoms with Gasteiger partial charge in [-0.05, 0) is 49.9 Å². The molecule has 1 saturated carbocycles. The van der Waals surface area contributed by atoms with Crippen molar-refractivity contribution in [3.05, 3.63) is 58.2 Å². The highest BCUT2D eigenvalue weighted by atomic mass is 79.9. The first-order valence-electron chi connectivity index (χ1n) is 11.8. The Balaban J connectivity index is 1.35. The summed E-state index contributed by atoms with van der Waals surface area (Å²) in [5.74, 6) is -0.181. The van der Waals surface area contributed by atoms with Gasteiger partial charge in [0.05, 0.1) is 25.3 Å². The molecule has 1 aromatic heterocycles. The second-order valence-corrected chi connectivity index (χ2v) is 9.82. The molecule has 9 heteroatoms. The molecule has 7 nitrogen and oxygen atoms in total. The van der Waals surface area contributed by atoms with E-state index in [1.165, 1.54) is 11.0 Å². The molecule has 1 aliphatic carbocycles. The molecule has 2 aliphatic rings.